The van der Waals surface area contributed by atoms with Crippen molar-refractivity contribution in [2.45, 2.75) is 13.3 Å². The number of rotatable bonds is 10. The van der Waals surface area contributed by atoms with Gasteiger partial charge in [0.15, 0.2) is 5.11 Å². The lowest BCUT2D eigenvalue weighted by atomic mass is 10.1. The van der Waals surface area contributed by atoms with Gasteiger partial charge in [-0.3, -0.25) is 0 Å². The third-order valence-electron chi connectivity index (χ3n) is 3.74. The van der Waals surface area contributed by atoms with E-state index in [4.69, 9.17) is 21.7 Å². The summed E-state index contributed by atoms with van der Waals surface area (Å²) in [4.78, 5) is 4.57. The number of hydrogen-bond donors (Lipinski definition) is 3. The van der Waals surface area contributed by atoms with E-state index in [2.05, 4.69) is 27.0 Å². The number of nitrogens with zero attached hydrogens (tertiary/aromatic N) is 2. The first kappa shape index (κ1) is 20.7. The molecule has 0 aliphatic carbocycles. The van der Waals surface area contributed by atoms with Gasteiger partial charge in [-0.25, -0.2) is 4.98 Å². The van der Waals surface area contributed by atoms with Crippen molar-refractivity contribution in [3.63, 3.8) is 0 Å². The topological polar surface area (TPSA) is 91.2 Å². The van der Waals surface area contributed by atoms with Gasteiger partial charge in [0, 0.05) is 32.1 Å². The maximum Gasteiger partial charge on any atom is 0.166 e. The maximum atomic E-state index is 9.42. The lowest BCUT2D eigenvalue weighted by Gasteiger charge is -2.12. The standard InChI is InChI=1S/C19H25N5O2S/c1-3-26-16-5-6-17-14(12-16)11-15(13-20)18(24-17)21-7-4-8-22-19(27)23-9-10-25-2/h5-6,11-12H,3-4,7-10H2,1-2H3,(H,21,24)(H2,22,23,27). The average molecular weight is 388 g/mol. The third-order valence-corrected chi connectivity index (χ3v) is 4.03. The highest BCUT2D eigenvalue weighted by atomic mass is 32.1. The van der Waals surface area contributed by atoms with E-state index in [1.54, 1.807) is 7.11 Å². The van der Waals surface area contributed by atoms with Crippen molar-refractivity contribution in [2.24, 2.45) is 0 Å². The first-order valence-corrected chi connectivity index (χ1v) is 9.31. The van der Waals surface area contributed by atoms with Crippen LogP contribution in [-0.4, -0.2) is 50.1 Å². The van der Waals surface area contributed by atoms with Gasteiger partial charge in [-0.2, -0.15) is 5.26 Å². The van der Waals surface area contributed by atoms with Crippen LogP contribution < -0.4 is 20.7 Å². The molecule has 0 aliphatic rings. The molecule has 1 heterocycles. The van der Waals surface area contributed by atoms with Gasteiger partial charge in [0.1, 0.15) is 17.6 Å². The zero-order valence-electron chi connectivity index (χ0n) is 15.7. The van der Waals surface area contributed by atoms with Crippen LogP contribution in [0, 0.1) is 11.3 Å². The zero-order valence-corrected chi connectivity index (χ0v) is 16.5. The summed E-state index contributed by atoms with van der Waals surface area (Å²) in [6, 6.07) is 9.72. The Bertz CT molecular complexity index is 807. The predicted octanol–water partition coefficient (Wildman–Crippen LogP) is 2.42. The Hall–Kier alpha value is -2.63. The summed E-state index contributed by atoms with van der Waals surface area (Å²) >= 11 is 5.17. The summed E-state index contributed by atoms with van der Waals surface area (Å²) in [6.07, 6.45) is 0.833. The van der Waals surface area contributed by atoms with Crippen LogP contribution in [0.2, 0.25) is 0 Å². The minimum Gasteiger partial charge on any atom is -0.494 e. The molecule has 0 aliphatic heterocycles. The summed E-state index contributed by atoms with van der Waals surface area (Å²) in [5, 5.41) is 20.3. The van der Waals surface area contributed by atoms with Crippen molar-refractivity contribution in [2.75, 3.05) is 45.3 Å². The molecule has 1 aromatic carbocycles. The summed E-state index contributed by atoms with van der Waals surface area (Å²) < 4.78 is 10.5. The van der Waals surface area contributed by atoms with Crippen LogP contribution in [0.4, 0.5) is 5.82 Å². The number of anilines is 1. The second-order valence-electron chi connectivity index (χ2n) is 5.74. The van der Waals surface area contributed by atoms with Crippen LogP contribution in [0.5, 0.6) is 5.75 Å². The number of hydrogen-bond acceptors (Lipinski definition) is 6. The third kappa shape index (κ3) is 6.55. The Morgan fingerprint density at radius 3 is 2.78 bits per heavy atom. The molecule has 0 saturated heterocycles. The molecule has 0 amide bonds. The predicted molar refractivity (Wildman–Crippen MR) is 111 cm³/mol. The molecule has 0 radical (unpaired) electrons. The zero-order chi connectivity index (χ0) is 19.5. The number of thiocarbonyl (C=S) groups is 1. The van der Waals surface area contributed by atoms with E-state index in [-0.39, 0.29) is 0 Å². The quantitative estimate of drug-likeness (QED) is 0.423. The maximum absolute atomic E-state index is 9.42. The van der Waals surface area contributed by atoms with E-state index in [9.17, 15) is 5.26 Å². The van der Waals surface area contributed by atoms with Gasteiger partial charge in [-0.05, 0) is 49.8 Å². The number of ether oxygens (including phenoxy) is 2. The second kappa shape index (κ2) is 11.2. The Labute approximate surface area is 165 Å². The van der Waals surface area contributed by atoms with E-state index in [1.165, 1.54) is 0 Å². The van der Waals surface area contributed by atoms with Crippen LogP contribution in [0.25, 0.3) is 10.9 Å². The summed E-state index contributed by atoms with van der Waals surface area (Å²) in [7, 11) is 1.65. The number of aromatic nitrogens is 1. The average Bonchev–Trinajstić information content (AvgIpc) is 2.67. The normalized spacial score (nSPS) is 10.3. The van der Waals surface area contributed by atoms with Gasteiger partial charge in [-0.15, -0.1) is 0 Å². The van der Waals surface area contributed by atoms with Crippen LogP contribution in [0.15, 0.2) is 24.3 Å². The molecule has 1 aromatic heterocycles. The monoisotopic (exact) mass is 387 g/mol. The number of nitrogens with one attached hydrogen (secondary N) is 3. The second-order valence-corrected chi connectivity index (χ2v) is 6.15. The van der Waals surface area contributed by atoms with Crippen molar-refractivity contribution in [3.8, 4) is 11.8 Å². The van der Waals surface area contributed by atoms with Crippen molar-refractivity contribution in [1.82, 2.24) is 15.6 Å². The molecule has 0 bridgehead atoms. The van der Waals surface area contributed by atoms with Gasteiger partial charge in [0.25, 0.3) is 0 Å². The molecule has 0 unspecified atom stereocenters. The molecule has 8 heteroatoms. The molecule has 27 heavy (non-hydrogen) atoms. The molecule has 7 nitrogen and oxygen atoms in total. The Kier molecular flexibility index (Phi) is 8.55. The van der Waals surface area contributed by atoms with E-state index in [1.807, 2.05) is 31.2 Å². The van der Waals surface area contributed by atoms with E-state index >= 15 is 0 Å². The molecule has 0 atom stereocenters. The molecule has 2 rings (SSSR count). The highest BCUT2D eigenvalue weighted by Crippen LogP contribution is 2.24. The Morgan fingerprint density at radius 2 is 2.04 bits per heavy atom. The van der Waals surface area contributed by atoms with Gasteiger partial charge in [-0.1, -0.05) is 0 Å². The molecule has 3 N–H and O–H groups in total. The lowest BCUT2D eigenvalue weighted by Crippen LogP contribution is -2.37. The highest BCUT2D eigenvalue weighted by Gasteiger charge is 2.07. The van der Waals surface area contributed by atoms with Crippen molar-refractivity contribution in [1.29, 1.82) is 5.26 Å². The molecular formula is C19H25N5O2S. The molecule has 0 saturated carbocycles. The first-order valence-electron chi connectivity index (χ1n) is 8.90. The van der Waals surface area contributed by atoms with Crippen LogP contribution >= 0.6 is 12.2 Å². The smallest absolute Gasteiger partial charge is 0.166 e. The van der Waals surface area contributed by atoms with E-state index < -0.39 is 0 Å². The molecule has 144 valence electrons. The number of nitriles is 1. The number of fused-ring (bicyclic) bond motifs is 1. The van der Waals surface area contributed by atoms with Gasteiger partial charge >= 0.3 is 0 Å². The van der Waals surface area contributed by atoms with Crippen molar-refractivity contribution in [3.05, 3.63) is 29.8 Å². The lowest BCUT2D eigenvalue weighted by molar-refractivity contribution is 0.204. The summed E-state index contributed by atoms with van der Waals surface area (Å²) in [5.74, 6) is 1.37. The molecule has 0 spiro atoms. The van der Waals surface area contributed by atoms with Crippen LogP contribution in [0.3, 0.4) is 0 Å². The fraction of sp³-hybridized carbons (Fsp3) is 0.421. The fourth-order valence-corrected chi connectivity index (χ4v) is 2.66. The van der Waals surface area contributed by atoms with Crippen LogP contribution in [-0.2, 0) is 4.74 Å². The van der Waals surface area contributed by atoms with Gasteiger partial charge in [0.05, 0.1) is 24.3 Å². The summed E-state index contributed by atoms with van der Waals surface area (Å²) in [6.45, 7) is 5.23. The number of pyridine rings is 1. The first-order chi connectivity index (χ1) is 13.2. The van der Waals surface area contributed by atoms with E-state index in [0.29, 0.717) is 42.8 Å². The Balaban J connectivity index is 1.88. The summed E-state index contributed by atoms with van der Waals surface area (Å²) in [5.41, 5.74) is 1.34. The minimum atomic E-state index is 0.515. The molecule has 0 fully saturated rings. The molecule has 2 aromatic rings. The van der Waals surface area contributed by atoms with Gasteiger partial charge in [0.2, 0.25) is 0 Å². The highest BCUT2D eigenvalue weighted by molar-refractivity contribution is 7.80. The van der Waals surface area contributed by atoms with Crippen molar-refractivity contribution >= 4 is 34.1 Å². The number of methoxy groups -OCH3 is 1. The fourth-order valence-electron chi connectivity index (χ4n) is 2.46. The molecular weight excluding hydrogens is 362 g/mol. The number of benzene rings is 1. The van der Waals surface area contributed by atoms with E-state index in [0.717, 1.165) is 29.6 Å². The largest absolute Gasteiger partial charge is 0.494 e. The minimum absolute atomic E-state index is 0.515. The van der Waals surface area contributed by atoms with Crippen LogP contribution in [0.1, 0.15) is 18.9 Å². The van der Waals surface area contributed by atoms with Gasteiger partial charge < -0.3 is 25.4 Å². The van der Waals surface area contributed by atoms with Crippen molar-refractivity contribution < 1.29 is 9.47 Å². The SMILES string of the molecule is CCOc1ccc2nc(NCCCNC(=S)NCCOC)c(C#N)cc2c1. The Morgan fingerprint density at radius 1 is 1.22 bits per heavy atom.